The molecule has 0 bridgehead atoms. The van der Waals surface area contributed by atoms with Gasteiger partial charge < -0.3 is 9.47 Å². The van der Waals surface area contributed by atoms with Crippen molar-refractivity contribution >= 4 is 59.7 Å². The van der Waals surface area contributed by atoms with Crippen LogP contribution in [0.2, 0.25) is 0 Å². The molecule has 0 aliphatic carbocycles. The Kier molecular flexibility index (Phi) is 8.51. The number of carbonyl (C=O) groups is 2. The molecular formula is C14H15Br3O4. The maximum atomic E-state index is 12.0. The average molecular weight is 487 g/mol. The lowest BCUT2D eigenvalue weighted by atomic mass is 10.2. The first-order valence-electron chi connectivity index (χ1n) is 6.43. The summed E-state index contributed by atoms with van der Waals surface area (Å²) in [6, 6.07) is 3.50. The lowest BCUT2D eigenvalue weighted by Gasteiger charge is -2.08. The molecule has 4 nitrogen and oxygen atoms in total. The van der Waals surface area contributed by atoms with Crippen LogP contribution in [0.4, 0.5) is 0 Å². The van der Waals surface area contributed by atoms with Crippen molar-refractivity contribution in [2.24, 2.45) is 0 Å². The molecule has 116 valence electrons. The van der Waals surface area contributed by atoms with Crippen LogP contribution in [0.3, 0.4) is 0 Å². The van der Waals surface area contributed by atoms with E-state index in [0.29, 0.717) is 23.1 Å². The number of hydrogen-bond acceptors (Lipinski definition) is 4. The topological polar surface area (TPSA) is 52.6 Å². The lowest BCUT2D eigenvalue weighted by molar-refractivity contribution is -0.143. The summed E-state index contributed by atoms with van der Waals surface area (Å²) < 4.78 is 12.3. The molecule has 0 radical (unpaired) electrons. The highest BCUT2D eigenvalue weighted by Gasteiger charge is 2.15. The third kappa shape index (κ3) is 6.48. The van der Waals surface area contributed by atoms with E-state index in [9.17, 15) is 9.59 Å². The van der Waals surface area contributed by atoms with E-state index in [2.05, 4.69) is 47.8 Å². The van der Waals surface area contributed by atoms with Gasteiger partial charge in [0, 0.05) is 19.8 Å². The van der Waals surface area contributed by atoms with E-state index in [1.54, 1.807) is 6.07 Å². The number of ether oxygens (including phenoxy) is 2. The van der Waals surface area contributed by atoms with Gasteiger partial charge in [0.1, 0.15) is 0 Å². The molecule has 0 saturated heterocycles. The molecule has 0 atom stereocenters. The average Bonchev–Trinajstić information content (AvgIpc) is 2.44. The minimum absolute atomic E-state index is 0.177. The summed E-state index contributed by atoms with van der Waals surface area (Å²) in [7, 11) is 0. The highest BCUT2D eigenvalue weighted by molar-refractivity contribution is 9.13. The van der Waals surface area contributed by atoms with E-state index >= 15 is 0 Å². The van der Waals surface area contributed by atoms with E-state index in [0.717, 1.165) is 15.4 Å². The number of benzene rings is 1. The second kappa shape index (κ2) is 9.58. The van der Waals surface area contributed by atoms with Gasteiger partial charge in [-0.2, -0.15) is 0 Å². The Balaban J connectivity index is 2.43. The van der Waals surface area contributed by atoms with Gasteiger partial charge in [-0.05, 0) is 56.8 Å². The standard InChI is InChI=1S/C14H15Br3O4/c1-2-5-20-12(18)4-3-6-21-14(19)10-7-9(15)8-11(16)13(10)17/h7-8H,2-6H2,1H3. The van der Waals surface area contributed by atoms with Gasteiger partial charge in [-0.1, -0.05) is 22.9 Å². The molecule has 0 saturated carbocycles. The van der Waals surface area contributed by atoms with Crippen LogP contribution in [0, 0.1) is 0 Å². The number of esters is 2. The van der Waals surface area contributed by atoms with Crippen LogP contribution in [0.15, 0.2) is 25.6 Å². The van der Waals surface area contributed by atoms with Crippen LogP contribution < -0.4 is 0 Å². The summed E-state index contributed by atoms with van der Waals surface area (Å²) in [6.07, 6.45) is 1.49. The quantitative estimate of drug-likeness (QED) is 0.313. The molecule has 21 heavy (non-hydrogen) atoms. The molecule has 0 spiro atoms. The largest absolute Gasteiger partial charge is 0.466 e. The molecule has 1 aromatic rings. The Morgan fingerprint density at radius 2 is 1.81 bits per heavy atom. The lowest BCUT2D eigenvalue weighted by Crippen LogP contribution is -2.10. The molecule has 0 heterocycles. The predicted octanol–water partition coefficient (Wildman–Crippen LogP) is 4.86. The summed E-state index contributed by atoms with van der Waals surface area (Å²) in [5.41, 5.74) is 0.421. The van der Waals surface area contributed by atoms with Crippen molar-refractivity contribution in [1.29, 1.82) is 0 Å². The highest BCUT2D eigenvalue weighted by Crippen LogP contribution is 2.31. The Morgan fingerprint density at radius 3 is 2.48 bits per heavy atom. The van der Waals surface area contributed by atoms with E-state index in [1.807, 2.05) is 13.0 Å². The van der Waals surface area contributed by atoms with Gasteiger partial charge in [0.15, 0.2) is 0 Å². The van der Waals surface area contributed by atoms with Crippen molar-refractivity contribution in [3.05, 3.63) is 31.1 Å². The summed E-state index contributed by atoms with van der Waals surface area (Å²) in [6.45, 7) is 2.54. The molecule has 0 N–H and O–H groups in total. The number of hydrogen-bond donors (Lipinski definition) is 0. The molecule has 7 heteroatoms. The van der Waals surface area contributed by atoms with Crippen LogP contribution in [-0.4, -0.2) is 25.2 Å². The first kappa shape index (κ1) is 18.6. The fourth-order valence-electron chi connectivity index (χ4n) is 1.45. The van der Waals surface area contributed by atoms with Crippen molar-refractivity contribution < 1.29 is 19.1 Å². The normalized spacial score (nSPS) is 10.3. The van der Waals surface area contributed by atoms with Gasteiger partial charge in [0.25, 0.3) is 0 Å². The zero-order valence-corrected chi connectivity index (χ0v) is 16.2. The van der Waals surface area contributed by atoms with Crippen molar-refractivity contribution in [2.45, 2.75) is 26.2 Å². The Bertz CT molecular complexity index is 517. The van der Waals surface area contributed by atoms with Crippen molar-refractivity contribution in [3.8, 4) is 0 Å². The van der Waals surface area contributed by atoms with Gasteiger partial charge in [-0.25, -0.2) is 4.79 Å². The van der Waals surface area contributed by atoms with E-state index in [4.69, 9.17) is 9.47 Å². The summed E-state index contributed by atoms with van der Waals surface area (Å²) in [4.78, 5) is 23.3. The number of carbonyl (C=O) groups excluding carboxylic acids is 2. The van der Waals surface area contributed by atoms with Crippen molar-refractivity contribution in [1.82, 2.24) is 0 Å². The molecule has 0 unspecified atom stereocenters. The van der Waals surface area contributed by atoms with Gasteiger partial charge in [0.05, 0.1) is 18.8 Å². The third-order valence-electron chi connectivity index (χ3n) is 2.44. The zero-order valence-electron chi connectivity index (χ0n) is 11.5. The highest BCUT2D eigenvalue weighted by atomic mass is 79.9. The van der Waals surface area contributed by atoms with Crippen LogP contribution >= 0.6 is 47.8 Å². The van der Waals surface area contributed by atoms with E-state index in [1.165, 1.54) is 0 Å². The van der Waals surface area contributed by atoms with E-state index < -0.39 is 5.97 Å². The van der Waals surface area contributed by atoms with Gasteiger partial charge in [-0.3, -0.25) is 4.79 Å². The Labute approximate surface area is 149 Å². The van der Waals surface area contributed by atoms with Gasteiger partial charge in [-0.15, -0.1) is 0 Å². The molecule has 1 rings (SSSR count). The van der Waals surface area contributed by atoms with Crippen LogP contribution in [0.25, 0.3) is 0 Å². The predicted molar refractivity (Wildman–Crippen MR) is 90.3 cm³/mol. The number of halogens is 3. The molecule has 0 amide bonds. The SMILES string of the molecule is CCCOC(=O)CCCOC(=O)c1cc(Br)cc(Br)c1Br. The molecule has 0 aliphatic rings. The second-order valence-electron chi connectivity index (χ2n) is 4.21. The molecule has 0 fully saturated rings. The first-order valence-corrected chi connectivity index (χ1v) is 8.81. The Hall–Kier alpha value is -0.400. The Morgan fingerprint density at radius 1 is 1.10 bits per heavy atom. The summed E-state index contributed by atoms with van der Waals surface area (Å²) >= 11 is 10.00. The maximum absolute atomic E-state index is 12.0. The zero-order chi connectivity index (χ0) is 15.8. The van der Waals surface area contributed by atoms with Crippen LogP contribution in [0.1, 0.15) is 36.5 Å². The minimum Gasteiger partial charge on any atom is -0.466 e. The minimum atomic E-state index is -0.439. The number of rotatable bonds is 7. The van der Waals surface area contributed by atoms with Gasteiger partial charge in [0.2, 0.25) is 0 Å². The third-order valence-corrected chi connectivity index (χ3v) is 4.91. The second-order valence-corrected chi connectivity index (χ2v) is 6.77. The molecule has 0 aromatic heterocycles. The molecular weight excluding hydrogens is 472 g/mol. The molecule has 0 aliphatic heterocycles. The smallest absolute Gasteiger partial charge is 0.339 e. The van der Waals surface area contributed by atoms with Crippen molar-refractivity contribution in [3.63, 3.8) is 0 Å². The molecule has 1 aromatic carbocycles. The first-order chi connectivity index (χ1) is 9.95. The van der Waals surface area contributed by atoms with E-state index in [-0.39, 0.29) is 19.0 Å². The van der Waals surface area contributed by atoms with Gasteiger partial charge >= 0.3 is 11.9 Å². The fourth-order valence-corrected chi connectivity index (χ4v) is 3.07. The maximum Gasteiger partial charge on any atom is 0.339 e. The van der Waals surface area contributed by atoms with Crippen LogP contribution in [0.5, 0.6) is 0 Å². The fraction of sp³-hybridized carbons (Fsp3) is 0.429. The summed E-state index contributed by atoms with van der Waals surface area (Å²) in [5.74, 6) is -0.704. The van der Waals surface area contributed by atoms with Crippen molar-refractivity contribution in [2.75, 3.05) is 13.2 Å². The monoisotopic (exact) mass is 484 g/mol. The van der Waals surface area contributed by atoms with Crippen LogP contribution in [-0.2, 0) is 14.3 Å². The summed E-state index contributed by atoms with van der Waals surface area (Å²) in [5, 5.41) is 0.